The molecule has 128 valence electrons. The molecule has 1 aromatic heterocycles. The minimum atomic E-state index is -1.00. The van der Waals surface area contributed by atoms with Crippen molar-refractivity contribution in [1.82, 2.24) is 9.97 Å². The molecule has 7 heteroatoms. The van der Waals surface area contributed by atoms with E-state index in [0.717, 1.165) is 18.4 Å². The van der Waals surface area contributed by atoms with E-state index >= 15 is 0 Å². The van der Waals surface area contributed by atoms with Crippen LogP contribution in [-0.2, 0) is 0 Å². The third kappa shape index (κ3) is 3.97. The van der Waals surface area contributed by atoms with Gasteiger partial charge in [0.05, 0.1) is 5.69 Å². The first-order valence-corrected chi connectivity index (χ1v) is 8.01. The molecule has 0 bridgehead atoms. The first-order valence-electron chi connectivity index (χ1n) is 7.63. The molecule has 0 spiro atoms. The average molecular weight is 368 g/mol. The standard InChI is InChI=1S/C17H18ClN3O2.ClH/c1-9(2)14-13(17(22)23)16(19-12-7-8-12)21-15(20-14)10-3-5-11(18)6-4-10;/h3-6,9,12H,7-8H2,1-2H3,(H,22,23)(H,19,20,21);1H. The van der Waals surface area contributed by atoms with Gasteiger partial charge in [0.1, 0.15) is 11.4 Å². The summed E-state index contributed by atoms with van der Waals surface area (Å²) in [6.45, 7) is 3.86. The van der Waals surface area contributed by atoms with Gasteiger partial charge >= 0.3 is 5.97 Å². The molecule has 2 N–H and O–H groups in total. The molecule has 0 atom stereocenters. The Balaban J connectivity index is 0.00000208. The Labute approximate surface area is 151 Å². The maximum absolute atomic E-state index is 11.7. The third-order valence-electron chi connectivity index (χ3n) is 3.72. The van der Waals surface area contributed by atoms with Crippen LogP contribution < -0.4 is 5.32 Å². The summed E-state index contributed by atoms with van der Waals surface area (Å²) >= 11 is 5.93. The smallest absolute Gasteiger partial charge is 0.341 e. The minimum absolute atomic E-state index is 0. The Morgan fingerprint density at radius 1 is 1.25 bits per heavy atom. The molecular weight excluding hydrogens is 349 g/mol. The van der Waals surface area contributed by atoms with Crippen LogP contribution in [0.2, 0.25) is 5.02 Å². The van der Waals surface area contributed by atoms with E-state index in [2.05, 4.69) is 15.3 Å². The number of hydrogen-bond donors (Lipinski definition) is 2. The summed E-state index contributed by atoms with van der Waals surface area (Å²) < 4.78 is 0. The van der Waals surface area contributed by atoms with Gasteiger partial charge in [-0.05, 0) is 43.0 Å². The lowest BCUT2D eigenvalue weighted by molar-refractivity contribution is 0.0695. The predicted molar refractivity (Wildman–Crippen MR) is 97.4 cm³/mol. The second-order valence-electron chi connectivity index (χ2n) is 6.04. The normalized spacial score (nSPS) is 13.5. The van der Waals surface area contributed by atoms with Crippen molar-refractivity contribution in [1.29, 1.82) is 0 Å². The molecule has 1 heterocycles. The van der Waals surface area contributed by atoms with Gasteiger partial charge in [-0.1, -0.05) is 25.4 Å². The van der Waals surface area contributed by atoms with Crippen LogP contribution >= 0.6 is 24.0 Å². The zero-order valence-electron chi connectivity index (χ0n) is 13.4. The number of nitrogens with zero attached hydrogens (tertiary/aromatic N) is 2. The van der Waals surface area contributed by atoms with Gasteiger partial charge < -0.3 is 10.4 Å². The Hall–Kier alpha value is -1.85. The molecule has 1 saturated carbocycles. The van der Waals surface area contributed by atoms with Gasteiger partial charge in [0.15, 0.2) is 5.82 Å². The van der Waals surface area contributed by atoms with E-state index in [-0.39, 0.29) is 23.9 Å². The van der Waals surface area contributed by atoms with Crippen molar-refractivity contribution in [3.8, 4) is 11.4 Å². The van der Waals surface area contributed by atoms with E-state index in [1.165, 1.54) is 0 Å². The molecule has 5 nitrogen and oxygen atoms in total. The summed E-state index contributed by atoms with van der Waals surface area (Å²) in [5.74, 6) is -0.100. The number of nitrogens with one attached hydrogen (secondary N) is 1. The Kier molecular flexibility index (Phi) is 5.67. The van der Waals surface area contributed by atoms with Crippen LogP contribution in [-0.4, -0.2) is 27.1 Å². The number of anilines is 1. The number of benzene rings is 1. The fourth-order valence-electron chi connectivity index (χ4n) is 2.36. The molecule has 1 fully saturated rings. The van der Waals surface area contributed by atoms with Crippen LogP contribution in [0.3, 0.4) is 0 Å². The Morgan fingerprint density at radius 2 is 1.88 bits per heavy atom. The van der Waals surface area contributed by atoms with Crippen molar-refractivity contribution in [3.05, 3.63) is 40.5 Å². The molecule has 0 aliphatic heterocycles. The van der Waals surface area contributed by atoms with Crippen LogP contribution in [0.15, 0.2) is 24.3 Å². The van der Waals surface area contributed by atoms with Gasteiger partial charge in [-0.25, -0.2) is 14.8 Å². The van der Waals surface area contributed by atoms with Crippen molar-refractivity contribution < 1.29 is 9.90 Å². The molecule has 0 amide bonds. The summed E-state index contributed by atoms with van der Waals surface area (Å²) in [7, 11) is 0. The highest BCUT2D eigenvalue weighted by Gasteiger charge is 2.28. The molecule has 0 radical (unpaired) electrons. The summed E-state index contributed by atoms with van der Waals surface area (Å²) in [6, 6.07) is 7.52. The molecular formula is C17H19Cl2N3O2. The molecule has 1 aliphatic rings. The molecule has 1 aromatic carbocycles. The Morgan fingerprint density at radius 3 is 2.38 bits per heavy atom. The zero-order valence-corrected chi connectivity index (χ0v) is 15.0. The fraction of sp³-hybridized carbons (Fsp3) is 0.353. The number of rotatable bonds is 5. The molecule has 3 rings (SSSR count). The molecule has 0 saturated heterocycles. The van der Waals surface area contributed by atoms with E-state index < -0.39 is 5.97 Å². The highest BCUT2D eigenvalue weighted by Crippen LogP contribution is 2.31. The summed E-state index contributed by atoms with van der Waals surface area (Å²) in [5, 5.41) is 13.4. The van der Waals surface area contributed by atoms with Gasteiger partial charge in [0.25, 0.3) is 0 Å². The SMILES string of the molecule is CC(C)c1nc(-c2ccc(Cl)cc2)nc(NC2CC2)c1C(=O)O.Cl. The van der Waals surface area contributed by atoms with Gasteiger partial charge in [-0.15, -0.1) is 12.4 Å². The number of carboxylic acid groups (broad SMARTS) is 1. The monoisotopic (exact) mass is 367 g/mol. The number of carboxylic acids is 1. The number of hydrogen-bond acceptors (Lipinski definition) is 4. The van der Waals surface area contributed by atoms with Crippen LogP contribution in [0, 0.1) is 0 Å². The maximum Gasteiger partial charge on any atom is 0.341 e. The van der Waals surface area contributed by atoms with Crippen LogP contribution in [0.1, 0.15) is 48.7 Å². The summed E-state index contributed by atoms with van der Waals surface area (Å²) in [4.78, 5) is 20.7. The predicted octanol–water partition coefficient (Wildman–Crippen LogP) is 4.61. The van der Waals surface area contributed by atoms with E-state index in [1.807, 2.05) is 26.0 Å². The summed E-state index contributed by atoms with van der Waals surface area (Å²) in [6.07, 6.45) is 2.08. The quantitative estimate of drug-likeness (QED) is 0.806. The van der Waals surface area contributed by atoms with Crippen molar-refractivity contribution in [2.45, 2.75) is 38.6 Å². The van der Waals surface area contributed by atoms with Crippen molar-refractivity contribution >= 4 is 35.8 Å². The van der Waals surface area contributed by atoms with Crippen LogP contribution in [0.25, 0.3) is 11.4 Å². The highest BCUT2D eigenvalue weighted by atomic mass is 35.5. The van der Waals surface area contributed by atoms with Gasteiger partial charge in [0.2, 0.25) is 0 Å². The van der Waals surface area contributed by atoms with Crippen LogP contribution in [0.5, 0.6) is 0 Å². The average Bonchev–Trinajstić information content (AvgIpc) is 3.30. The van der Waals surface area contributed by atoms with Gasteiger partial charge in [-0.2, -0.15) is 0 Å². The first kappa shape index (κ1) is 18.5. The van der Waals surface area contributed by atoms with Crippen molar-refractivity contribution in [2.75, 3.05) is 5.32 Å². The highest BCUT2D eigenvalue weighted by molar-refractivity contribution is 6.30. The van der Waals surface area contributed by atoms with E-state index in [9.17, 15) is 9.90 Å². The summed E-state index contributed by atoms with van der Waals surface area (Å²) in [5.41, 5.74) is 1.53. The number of halogens is 2. The second-order valence-corrected chi connectivity index (χ2v) is 6.48. The third-order valence-corrected chi connectivity index (χ3v) is 3.97. The largest absolute Gasteiger partial charge is 0.477 e. The Bertz CT molecular complexity index is 744. The minimum Gasteiger partial charge on any atom is -0.477 e. The fourth-order valence-corrected chi connectivity index (χ4v) is 2.49. The van der Waals surface area contributed by atoms with Crippen molar-refractivity contribution in [3.63, 3.8) is 0 Å². The van der Waals surface area contributed by atoms with Crippen LogP contribution in [0.4, 0.5) is 5.82 Å². The maximum atomic E-state index is 11.7. The van der Waals surface area contributed by atoms with E-state index in [4.69, 9.17) is 11.6 Å². The topological polar surface area (TPSA) is 75.1 Å². The lowest BCUT2D eigenvalue weighted by Gasteiger charge is -2.16. The second kappa shape index (κ2) is 7.36. The number of carbonyl (C=O) groups is 1. The van der Waals surface area contributed by atoms with Gasteiger partial charge in [0, 0.05) is 16.6 Å². The zero-order chi connectivity index (χ0) is 16.6. The van der Waals surface area contributed by atoms with Crippen molar-refractivity contribution in [2.24, 2.45) is 0 Å². The molecule has 24 heavy (non-hydrogen) atoms. The number of aromatic nitrogens is 2. The lowest BCUT2D eigenvalue weighted by atomic mass is 10.0. The first-order chi connectivity index (χ1) is 11.0. The molecule has 2 aromatic rings. The van der Waals surface area contributed by atoms with E-state index in [1.54, 1.807) is 12.1 Å². The van der Waals surface area contributed by atoms with E-state index in [0.29, 0.717) is 28.4 Å². The lowest BCUT2D eigenvalue weighted by Crippen LogP contribution is -2.16. The molecule has 1 aliphatic carbocycles. The van der Waals surface area contributed by atoms with Gasteiger partial charge in [-0.3, -0.25) is 0 Å². The number of aromatic carboxylic acids is 1. The molecule has 0 unspecified atom stereocenters.